The number of aryl methyl sites for hydroxylation is 2. The van der Waals surface area contributed by atoms with Crippen LogP contribution in [-0.4, -0.2) is 36.8 Å². The van der Waals surface area contributed by atoms with Crippen LogP contribution in [0, 0.1) is 6.92 Å². The van der Waals surface area contributed by atoms with E-state index >= 15 is 0 Å². The minimum Gasteiger partial charge on any atom is -0.388 e. The van der Waals surface area contributed by atoms with Crippen molar-refractivity contribution in [2.24, 2.45) is 7.05 Å². The number of aliphatic hydroxyl groups is 1. The summed E-state index contributed by atoms with van der Waals surface area (Å²) in [6, 6.07) is 0.212. The molecule has 2 N–H and O–H groups in total. The largest absolute Gasteiger partial charge is 0.388 e. The monoisotopic (exact) mass is 335 g/mol. The van der Waals surface area contributed by atoms with E-state index in [0.29, 0.717) is 18.2 Å². The zero-order valence-electron chi connectivity index (χ0n) is 13.3. The molecule has 3 rings (SSSR count). The van der Waals surface area contributed by atoms with Gasteiger partial charge in [-0.3, -0.25) is 4.79 Å². The highest BCUT2D eigenvalue weighted by Gasteiger charge is 2.34. The molecular formula is C15H21N5O2S. The molecule has 7 nitrogen and oxygen atoms in total. The van der Waals surface area contributed by atoms with Gasteiger partial charge in [-0.05, 0) is 26.2 Å². The molecular weight excluding hydrogens is 314 g/mol. The maximum Gasteiger partial charge on any atom is 0.220 e. The van der Waals surface area contributed by atoms with Crippen LogP contribution in [0.1, 0.15) is 47.4 Å². The van der Waals surface area contributed by atoms with Gasteiger partial charge in [-0.25, -0.2) is 4.98 Å². The summed E-state index contributed by atoms with van der Waals surface area (Å²) in [7, 11) is 1.87. The molecule has 0 atom stereocenters. The van der Waals surface area contributed by atoms with Gasteiger partial charge in [0.1, 0.15) is 12.4 Å². The van der Waals surface area contributed by atoms with Gasteiger partial charge < -0.3 is 15.0 Å². The number of hydrogen-bond donors (Lipinski definition) is 2. The van der Waals surface area contributed by atoms with Crippen molar-refractivity contribution >= 4 is 17.2 Å². The second-order valence-electron chi connectivity index (χ2n) is 5.99. The highest BCUT2D eigenvalue weighted by atomic mass is 32.1. The Morgan fingerprint density at radius 2 is 2.26 bits per heavy atom. The van der Waals surface area contributed by atoms with E-state index in [-0.39, 0.29) is 18.6 Å². The van der Waals surface area contributed by atoms with Crippen LogP contribution < -0.4 is 5.32 Å². The van der Waals surface area contributed by atoms with E-state index in [1.165, 1.54) is 4.88 Å². The summed E-state index contributed by atoms with van der Waals surface area (Å²) >= 11 is 1.60. The summed E-state index contributed by atoms with van der Waals surface area (Å²) in [5.41, 5.74) is 2.84. The van der Waals surface area contributed by atoms with Crippen LogP contribution in [0.4, 0.5) is 0 Å². The van der Waals surface area contributed by atoms with Crippen molar-refractivity contribution in [3.63, 3.8) is 0 Å². The molecule has 23 heavy (non-hydrogen) atoms. The fourth-order valence-electron chi connectivity index (χ4n) is 2.91. The third kappa shape index (κ3) is 3.42. The first kappa shape index (κ1) is 16.1. The molecule has 1 saturated carbocycles. The molecule has 0 aromatic carbocycles. The van der Waals surface area contributed by atoms with Gasteiger partial charge in [0.15, 0.2) is 5.82 Å². The lowest BCUT2D eigenvalue weighted by atomic mass is 9.79. The van der Waals surface area contributed by atoms with E-state index in [4.69, 9.17) is 5.11 Å². The van der Waals surface area contributed by atoms with Gasteiger partial charge in [-0.2, -0.15) is 0 Å². The minimum absolute atomic E-state index is 0.0928. The second kappa shape index (κ2) is 6.76. The van der Waals surface area contributed by atoms with Gasteiger partial charge in [0.25, 0.3) is 0 Å². The standard InChI is InChI=1S/C15H21N5O2S/c1-9-12(23-8-16-9)3-4-14(22)17-11-5-10(6-11)15-19-18-13(7-21)20(15)2/h8,10-11,21H,3-7H2,1-2H3,(H,17,22). The van der Waals surface area contributed by atoms with Crippen LogP contribution in [0.5, 0.6) is 0 Å². The van der Waals surface area contributed by atoms with Crippen molar-refractivity contribution in [1.82, 2.24) is 25.1 Å². The van der Waals surface area contributed by atoms with Gasteiger partial charge >= 0.3 is 0 Å². The lowest BCUT2D eigenvalue weighted by molar-refractivity contribution is -0.122. The average Bonchev–Trinajstić information content (AvgIpc) is 3.06. The summed E-state index contributed by atoms with van der Waals surface area (Å²) in [5, 5.41) is 20.3. The van der Waals surface area contributed by atoms with Crippen molar-refractivity contribution in [3.05, 3.63) is 27.7 Å². The van der Waals surface area contributed by atoms with Crippen molar-refractivity contribution in [2.75, 3.05) is 0 Å². The number of carbonyl (C=O) groups is 1. The van der Waals surface area contributed by atoms with Gasteiger partial charge in [-0.1, -0.05) is 0 Å². The first-order valence-electron chi connectivity index (χ1n) is 7.75. The highest BCUT2D eigenvalue weighted by molar-refractivity contribution is 7.09. The van der Waals surface area contributed by atoms with Crippen LogP contribution in [0.15, 0.2) is 5.51 Å². The molecule has 2 aromatic rings. The summed E-state index contributed by atoms with van der Waals surface area (Å²) in [6.45, 7) is 1.87. The first-order valence-corrected chi connectivity index (χ1v) is 8.63. The first-order chi connectivity index (χ1) is 11.1. The summed E-state index contributed by atoms with van der Waals surface area (Å²) < 4.78 is 1.84. The molecule has 0 spiro atoms. The molecule has 0 aliphatic heterocycles. The van der Waals surface area contributed by atoms with Crippen LogP contribution in [0.2, 0.25) is 0 Å². The van der Waals surface area contributed by atoms with Crippen LogP contribution in [0.25, 0.3) is 0 Å². The Balaban J connectivity index is 1.44. The Bertz CT molecular complexity index is 690. The lowest BCUT2D eigenvalue weighted by Crippen LogP contribution is -2.44. The minimum atomic E-state index is -0.104. The van der Waals surface area contributed by atoms with Gasteiger partial charge in [-0.15, -0.1) is 21.5 Å². The number of aromatic nitrogens is 4. The zero-order chi connectivity index (χ0) is 16.4. The van der Waals surface area contributed by atoms with Crippen molar-refractivity contribution < 1.29 is 9.90 Å². The molecule has 0 radical (unpaired) electrons. The van der Waals surface area contributed by atoms with Crippen LogP contribution in [0.3, 0.4) is 0 Å². The molecule has 8 heteroatoms. The maximum absolute atomic E-state index is 12.0. The van der Waals surface area contributed by atoms with Gasteiger partial charge in [0.2, 0.25) is 5.91 Å². The topological polar surface area (TPSA) is 92.9 Å². The highest BCUT2D eigenvalue weighted by Crippen LogP contribution is 2.35. The lowest BCUT2D eigenvalue weighted by Gasteiger charge is -2.35. The Hall–Kier alpha value is -1.80. The molecule has 2 aromatic heterocycles. The Morgan fingerprint density at radius 1 is 1.48 bits per heavy atom. The molecule has 1 amide bonds. The molecule has 0 saturated heterocycles. The van der Waals surface area contributed by atoms with E-state index < -0.39 is 0 Å². The Morgan fingerprint density at radius 3 is 2.87 bits per heavy atom. The Kier molecular flexibility index (Phi) is 4.72. The number of nitrogens with zero attached hydrogens (tertiary/aromatic N) is 4. The maximum atomic E-state index is 12.0. The fourth-order valence-corrected chi connectivity index (χ4v) is 3.69. The van der Waals surface area contributed by atoms with Crippen molar-refractivity contribution in [2.45, 2.75) is 51.2 Å². The SMILES string of the molecule is Cc1ncsc1CCC(=O)NC1CC(c2nnc(CO)n2C)C1. The normalized spacial score (nSPS) is 20.3. The predicted octanol–water partition coefficient (Wildman–Crippen LogP) is 1.07. The van der Waals surface area contributed by atoms with E-state index in [9.17, 15) is 4.79 Å². The Labute approximate surface area is 138 Å². The van der Waals surface area contributed by atoms with E-state index in [0.717, 1.165) is 30.8 Å². The molecule has 0 unspecified atom stereocenters. The molecule has 2 heterocycles. The number of rotatable bonds is 6. The quantitative estimate of drug-likeness (QED) is 0.823. The molecule has 1 aliphatic carbocycles. The molecule has 1 aliphatic rings. The number of carbonyl (C=O) groups excluding carboxylic acids is 1. The zero-order valence-corrected chi connectivity index (χ0v) is 14.1. The van der Waals surface area contributed by atoms with Gasteiger partial charge in [0.05, 0.1) is 11.2 Å². The van der Waals surface area contributed by atoms with Crippen molar-refractivity contribution in [1.29, 1.82) is 0 Å². The van der Waals surface area contributed by atoms with E-state index in [1.54, 1.807) is 11.3 Å². The molecule has 1 fully saturated rings. The predicted molar refractivity (Wildman–Crippen MR) is 86.0 cm³/mol. The average molecular weight is 335 g/mol. The number of hydrogen-bond acceptors (Lipinski definition) is 6. The smallest absolute Gasteiger partial charge is 0.220 e. The number of amides is 1. The fraction of sp³-hybridized carbons (Fsp3) is 0.600. The summed E-state index contributed by atoms with van der Waals surface area (Å²) in [6.07, 6.45) is 3.01. The van der Waals surface area contributed by atoms with Gasteiger partial charge in [0, 0.05) is 30.3 Å². The van der Waals surface area contributed by atoms with Crippen LogP contribution >= 0.6 is 11.3 Å². The molecule has 124 valence electrons. The third-order valence-corrected chi connectivity index (χ3v) is 5.43. The summed E-state index contributed by atoms with van der Waals surface area (Å²) in [5.74, 6) is 1.87. The van der Waals surface area contributed by atoms with E-state index in [2.05, 4.69) is 20.5 Å². The third-order valence-electron chi connectivity index (χ3n) is 4.43. The van der Waals surface area contributed by atoms with Crippen molar-refractivity contribution in [3.8, 4) is 0 Å². The second-order valence-corrected chi connectivity index (χ2v) is 6.92. The molecule has 0 bridgehead atoms. The number of nitrogens with one attached hydrogen (secondary N) is 1. The van der Waals surface area contributed by atoms with Crippen LogP contribution in [-0.2, 0) is 24.9 Å². The summed E-state index contributed by atoms with van der Waals surface area (Å²) in [4.78, 5) is 17.4. The number of thiazole rings is 1. The van der Waals surface area contributed by atoms with E-state index in [1.807, 2.05) is 24.0 Å². The number of aliphatic hydroxyl groups excluding tert-OH is 1.